The number of benzene rings is 2. The maximum Gasteiger partial charge on any atom is 0.237 e. The second kappa shape index (κ2) is 7.48. The molecule has 6 heteroatoms. The van der Waals surface area contributed by atoms with Crippen molar-refractivity contribution in [3.8, 4) is 11.3 Å². The summed E-state index contributed by atoms with van der Waals surface area (Å²) >= 11 is 1.32. The lowest BCUT2D eigenvalue weighted by atomic mass is 10.1. The number of hydrogen-bond donors (Lipinski definition) is 0. The minimum absolute atomic E-state index is 0.0493. The molecule has 0 unspecified atom stereocenters. The molecular formula is C21H18FN3OS. The fraction of sp³-hybridized carbons (Fsp3) is 0.190. The van der Waals surface area contributed by atoms with Gasteiger partial charge in [0.1, 0.15) is 5.82 Å². The Hall–Kier alpha value is -2.73. The summed E-state index contributed by atoms with van der Waals surface area (Å²) in [4.78, 5) is 23.4. The van der Waals surface area contributed by atoms with E-state index in [4.69, 9.17) is 0 Å². The van der Waals surface area contributed by atoms with E-state index in [1.807, 2.05) is 23.1 Å². The third-order valence-electron chi connectivity index (χ3n) is 4.57. The molecule has 0 N–H and O–H groups in total. The summed E-state index contributed by atoms with van der Waals surface area (Å²) in [5.74, 6) is 0.0344. The van der Waals surface area contributed by atoms with Gasteiger partial charge < -0.3 is 4.90 Å². The Morgan fingerprint density at radius 2 is 1.96 bits per heavy atom. The average molecular weight is 379 g/mol. The molecule has 0 radical (unpaired) electrons. The minimum Gasteiger partial charge on any atom is -0.308 e. The summed E-state index contributed by atoms with van der Waals surface area (Å²) in [5, 5.41) is 0.533. The third-order valence-corrected chi connectivity index (χ3v) is 5.42. The van der Waals surface area contributed by atoms with Gasteiger partial charge in [0, 0.05) is 23.5 Å². The largest absolute Gasteiger partial charge is 0.308 e. The number of rotatable bonds is 4. The molecule has 0 fully saturated rings. The first-order valence-corrected chi connectivity index (χ1v) is 9.72. The molecule has 1 atom stereocenters. The number of para-hydroxylation sites is 1. The molecular weight excluding hydrogens is 361 g/mol. The lowest BCUT2D eigenvalue weighted by molar-refractivity contribution is -0.116. The molecule has 136 valence electrons. The summed E-state index contributed by atoms with van der Waals surface area (Å²) in [6, 6.07) is 16.1. The number of amides is 1. The van der Waals surface area contributed by atoms with Crippen molar-refractivity contribution in [1.82, 2.24) is 9.97 Å². The van der Waals surface area contributed by atoms with Crippen molar-refractivity contribution in [2.45, 2.75) is 24.5 Å². The van der Waals surface area contributed by atoms with Crippen LogP contribution in [0.3, 0.4) is 0 Å². The molecule has 0 spiro atoms. The van der Waals surface area contributed by atoms with E-state index >= 15 is 0 Å². The van der Waals surface area contributed by atoms with Crippen LogP contribution in [-0.4, -0.2) is 27.7 Å². The van der Waals surface area contributed by atoms with E-state index in [-0.39, 0.29) is 23.5 Å². The van der Waals surface area contributed by atoms with Crippen LogP contribution in [0.1, 0.15) is 12.5 Å². The summed E-state index contributed by atoms with van der Waals surface area (Å²) in [5.41, 5.74) is 3.73. The summed E-state index contributed by atoms with van der Waals surface area (Å²) in [6.45, 7) is 2.06. The predicted molar refractivity (Wildman–Crippen MR) is 105 cm³/mol. The van der Waals surface area contributed by atoms with Gasteiger partial charge in [-0.2, -0.15) is 0 Å². The highest BCUT2D eigenvalue weighted by atomic mass is 32.2. The highest BCUT2D eigenvalue weighted by molar-refractivity contribution is 7.99. The van der Waals surface area contributed by atoms with E-state index in [0.29, 0.717) is 10.9 Å². The van der Waals surface area contributed by atoms with Crippen molar-refractivity contribution in [2.24, 2.45) is 0 Å². The number of hydrogen-bond acceptors (Lipinski definition) is 4. The number of thioether (sulfide) groups is 1. The van der Waals surface area contributed by atoms with Crippen LogP contribution in [0.4, 0.5) is 10.1 Å². The van der Waals surface area contributed by atoms with Crippen LogP contribution in [0.25, 0.3) is 11.3 Å². The van der Waals surface area contributed by atoms with E-state index in [0.717, 1.165) is 17.7 Å². The quantitative estimate of drug-likeness (QED) is 0.499. The van der Waals surface area contributed by atoms with Gasteiger partial charge in [0.25, 0.3) is 0 Å². The van der Waals surface area contributed by atoms with Gasteiger partial charge in [0.15, 0.2) is 5.16 Å². The van der Waals surface area contributed by atoms with Crippen LogP contribution in [0, 0.1) is 5.82 Å². The summed E-state index contributed by atoms with van der Waals surface area (Å²) < 4.78 is 13.1. The Morgan fingerprint density at radius 3 is 2.78 bits per heavy atom. The van der Waals surface area contributed by atoms with Gasteiger partial charge >= 0.3 is 0 Å². The Morgan fingerprint density at radius 1 is 1.19 bits per heavy atom. The monoisotopic (exact) mass is 379 g/mol. The summed E-state index contributed by atoms with van der Waals surface area (Å²) in [6.07, 6.45) is 2.54. The fourth-order valence-corrected chi connectivity index (χ4v) is 4.02. The van der Waals surface area contributed by atoms with E-state index in [9.17, 15) is 9.18 Å². The van der Waals surface area contributed by atoms with E-state index < -0.39 is 0 Å². The van der Waals surface area contributed by atoms with Gasteiger partial charge in [0.05, 0.1) is 11.4 Å². The molecule has 1 aliphatic rings. The first kappa shape index (κ1) is 17.7. The zero-order chi connectivity index (χ0) is 18.8. The maximum atomic E-state index is 13.1. The number of carbonyl (C=O) groups excluding carboxylic acids is 1. The van der Waals surface area contributed by atoms with Crippen molar-refractivity contribution in [1.29, 1.82) is 0 Å². The topological polar surface area (TPSA) is 46.1 Å². The molecule has 0 saturated carbocycles. The molecule has 3 aromatic rings. The Balaban J connectivity index is 1.47. The van der Waals surface area contributed by atoms with Crippen molar-refractivity contribution in [3.63, 3.8) is 0 Å². The number of nitrogens with zero attached hydrogens (tertiary/aromatic N) is 3. The molecule has 1 aliphatic heterocycles. The Labute approximate surface area is 161 Å². The zero-order valence-corrected chi connectivity index (χ0v) is 15.6. The lowest BCUT2D eigenvalue weighted by Gasteiger charge is -2.22. The molecule has 0 saturated heterocycles. The standard InChI is InChI=1S/C21H18FN3OS/c1-14-12-16-4-2-3-5-19(16)25(14)20(26)13-27-21-23-11-10-18(24-21)15-6-8-17(22)9-7-15/h2-11,14H,12-13H2,1H3/t14-/m0/s1. The molecule has 2 heterocycles. The van der Waals surface area contributed by atoms with Gasteiger partial charge in [-0.25, -0.2) is 14.4 Å². The van der Waals surface area contributed by atoms with Crippen LogP contribution in [0.5, 0.6) is 0 Å². The SMILES string of the molecule is C[C@H]1Cc2ccccc2N1C(=O)CSc1nccc(-c2ccc(F)cc2)n1. The first-order valence-electron chi connectivity index (χ1n) is 8.73. The summed E-state index contributed by atoms with van der Waals surface area (Å²) in [7, 11) is 0. The highest BCUT2D eigenvalue weighted by Gasteiger charge is 2.30. The minimum atomic E-state index is -0.284. The van der Waals surface area contributed by atoms with Gasteiger partial charge in [-0.15, -0.1) is 0 Å². The molecule has 2 aromatic carbocycles. The van der Waals surface area contributed by atoms with Crippen molar-refractivity contribution in [3.05, 3.63) is 72.2 Å². The van der Waals surface area contributed by atoms with Crippen molar-refractivity contribution >= 4 is 23.4 Å². The van der Waals surface area contributed by atoms with Gasteiger partial charge in [-0.1, -0.05) is 30.0 Å². The second-order valence-corrected chi connectivity index (χ2v) is 7.41. The molecule has 27 heavy (non-hydrogen) atoms. The number of carbonyl (C=O) groups is 1. The molecule has 4 nitrogen and oxygen atoms in total. The van der Waals surface area contributed by atoms with Crippen LogP contribution in [0.2, 0.25) is 0 Å². The van der Waals surface area contributed by atoms with E-state index in [2.05, 4.69) is 23.0 Å². The van der Waals surface area contributed by atoms with Crippen LogP contribution < -0.4 is 4.90 Å². The fourth-order valence-electron chi connectivity index (χ4n) is 3.33. The van der Waals surface area contributed by atoms with Crippen LogP contribution in [-0.2, 0) is 11.2 Å². The second-order valence-electron chi connectivity index (χ2n) is 6.47. The Kier molecular flexibility index (Phi) is 4.90. The maximum absolute atomic E-state index is 13.1. The zero-order valence-electron chi connectivity index (χ0n) is 14.8. The van der Waals surface area contributed by atoms with Gasteiger partial charge in [0.2, 0.25) is 5.91 Å². The molecule has 0 bridgehead atoms. The predicted octanol–water partition coefficient (Wildman–Crippen LogP) is 4.35. The first-order chi connectivity index (χ1) is 13.1. The normalized spacial score (nSPS) is 15.6. The van der Waals surface area contributed by atoms with Crippen molar-refractivity contribution < 1.29 is 9.18 Å². The molecule has 1 amide bonds. The molecule has 0 aliphatic carbocycles. The molecule has 1 aromatic heterocycles. The molecule has 4 rings (SSSR count). The van der Waals surface area contributed by atoms with Crippen LogP contribution in [0.15, 0.2) is 66.0 Å². The van der Waals surface area contributed by atoms with Gasteiger partial charge in [-0.05, 0) is 55.3 Å². The van der Waals surface area contributed by atoms with Crippen molar-refractivity contribution in [2.75, 3.05) is 10.7 Å². The van der Waals surface area contributed by atoms with E-state index in [1.165, 1.54) is 29.5 Å². The Bertz CT molecular complexity index is 977. The lowest BCUT2D eigenvalue weighted by Crippen LogP contribution is -2.37. The number of halogens is 1. The third kappa shape index (κ3) is 3.71. The number of aromatic nitrogens is 2. The average Bonchev–Trinajstić information content (AvgIpc) is 3.03. The number of fused-ring (bicyclic) bond motifs is 1. The van der Waals surface area contributed by atoms with Crippen LogP contribution >= 0.6 is 11.8 Å². The van der Waals surface area contributed by atoms with E-state index in [1.54, 1.807) is 24.4 Å². The smallest absolute Gasteiger partial charge is 0.237 e. The van der Waals surface area contributed by atoms with Gasteiger partial charge in [-0.3, -0.25) is 4.79 Å². The highest BCUT2D eigenvalue weighted by Crippen LogP contribution is 2.32. The number of anilines is 1.